The molecule has 1 aliphatic heterocycles. The van der Waals surface area contributed by atoms with E-state index < -0.39 is 11.9 Å². The zero-order chi connectivity index (χ0) is 12.1. The lowest BCUT2D eigenvalue weighted by Crippen LogP contribution is -2.22. The summed E-state index contributed by atoms with van der Waals surface area (Å²) in [6.07, 6.45) is 1.80. The van der Waals surface area contributed by atoms with E-state index in [0.717, 1.165) is 0 Å². The zero-order valence-corrected chi connectivity index (χ0v) is 9.62. The predicted molar refractivity (Wildman–Crippen MR) is 57.2 cm³/mol. The first-order chi connectivity index (χ1) is 7.60. The lowest BCUT2D eigenvalue weighted by molar-refractivity contribution is -0.138. The second kappa shape index (κ2) is 5.34. The van der Waals surface area contributed by atoms with E-state index >= 15 is 0 Å². The minimum atomic E-state index is -0.431. The van der Waals surface area contributed by atoms with Crippen LogP contribution in [0.25, 0.3) is 0 Å². The highest BCUT2D eigenvalue weighted by atomic mass is 16.5. The van der Waals surface area contributed by atoms with E-state index in [9.17, 15) is 9.59 Å². The van der Waals surface area contributed by atoms with Gasteiger partial charge in [0.05, 0.1) is 24.9 Å². The van der Waals surface area contributed by atoms with E-state index in [1.165, 1.54) is 7.11 Å². The third-order valence-electron chi connectivity index (χ3n) is 2.25. The van der Waals surface area contributed by atoms with Crippen molar-refractivity contribution >= 4 is 11.9 Å². The number of rotatable bonds is 3. The number of carbonyl (C=O) groups is 2. The normalized spacial score (nSPS) is 15.1. The molecule has 5 nitrogen and oxygen atoms in total. The van der Waals surface area contributed by atoms with E-state index in [2.05, 4.69) is 10.1 Å². The molecular formula is C11H15NO4. The van der Waals surface area contributed by atoms with Gasteiger partial charge in [-0.1, -0.05) is 0 Å². The highest BCUT2D eigenvalue weighted by Crippen LogP contribution is 2.20. The summed E-state index contributed by atoms with van der Waals surface area (Å²) in [5.74, 6) is -0.844. The largest absolute Gasteiger partial charge is 0.466 e. The molecule has 0 amide bonds. The maximum absolute atomic E-state index is 11.5. The second-order valence-electron chi connectivity index (χ2n) is 3.31. The lowest BCUT2D eigenvalue weighted by Gasteiger charge is -2.17. The molecule has 0 aromatic carbocycles. The molecule has 16 heavy (non-hydrogen) atoms. The maximum Gasteiger partial charge on any atom is 0.335 e. The second-order valence-corrected chi connectivity index (χ2v) is 3.31. The van der Waals surface area contributed by atoms with Crippen LogP contribution in [0.4, 0.5) is 0 Å². The van der Waals surface area contributed by atoms with Gasteiger partial charge < -0.3 is 14.8 Å². The van der Waals surface area contributed by atoms with Crippen LogP contribution in [0, 0.1) is 0 Å². The molecule has 0 aromatic heterocycles. The molecule has 1 aliphatic rings. The van der Waals surface area contributed by atoms with Crippen molar-refractivity contribution in [1.82, 2.24) is 5.32 Å². The molecule has 0 aromatic rings. The van der Waals surface area contributed by atoms with Gasteiger partial charge in [0.15, 0.2) is 0 Å². The Morgan fingerprint density at radius 1 is 1.44 bits per heavy atom. The molecule has 0 radical (unpaired) electrons. The Kier molecular flexibility index (Phi) is 4.10. The van der Waals surface area contributed by atoms with Gasteiger partial charge in [0.2, 0.25) is 0 Å². The molecule has 5 heteroatoms. The van der Waals surface area contributed by atoms with Gasteiger partial charge in [-0.25, -0.2) is 9.59 Å². The molecule has 0 atom stereocenters. The van der Waals surface area contributed by atoms with Crippen molar-refractivity contribution in [2.24, 2.45) is 0 Å². The van der Waals surface area contributed by atoms with Gasteiger partial charge >= 0.3 is 11.9 Å². The van der Waals surface area contributed by atoms with Gasteiger partial charge in [-0.05, 0) is 13.8 Å². The van der Waals surface area contributed by atoms with Crippen molar-refractivity contribution in [3.05, 3.63) is 23.0 Å². The van der Waals surface area contributed by atoms with Crippen LogP contribution in [0.5, 0.6) is 0 Å². The third-order valence-corrected chi connectivity index (χ3v) is 2.25. The van der Waals surface area contributed by atoms with E-state index in [4.69, 9.17) is 4.74 Å². The average molecular weight is 225 g/mol. The molecule has 88 valence electrons. The Hall–Kier alpha value is -1.78. The fourth-order valence-corrected chi connectivity index (χ4v) is 1.36. The number of carbonyl (C=O) groups excluding carboxylic acids is 2. The molecule has 1 N–H and O–H groups in total. The predicted octanol–water partition coefficient (Wildman–Crippen LogP) is 0.874. The first kappa shape index (κ1) is 12.3. The van der Waals surface area contributed by atoms with Gasteiger partial charge in [0.25, 0.3) is 0 Å². The van der Waals surface area contributed by atoms with Gasteiger partial charge in [-0.3, -0.25) is 0 Å². The van der Waals surface area contributed by atoms with Crippen molar-refractivity contribution in [2.45, 2.75) is 20.3 Å². The van der Waals surface area contributed by atoms with Gasteiger partial charge in [0.1, 0.15) is 0 Å². The number of nitrogens with one attached hydrogen (secondary N) is 1. The summed E-state index contributed by atoms with van der Waals surface area (Å²) in [5.41, 5.74) is 1.57. The van der Waals surface area contributed by atoms with Crippen molar-refractivity contribution < 1.29 is 19.1 Å². The summed E-state index contributed by atoms with van der Waals surface area (Å²) >= 11 is 0. The number of methoxy groups -OCH3 is 1. The number of ether oxygens (including phenoxy) is 2. The molecule has 0 fully saturated rings. The topological polar surface area (TPSA) is 64.6 Å². The van der Waals surface area contributed by atoms with Gasteiger partial charge in [0, 0.05) is 18.3 Å². The van der Waals surface area contributed by atoms with Gasteiger partial charge in [-0.15, -0.1) is 0 Å². The number of allylic oxidation sites excluding steroid dienone is 1. The number of hydrogen-bond acceptors (Lipinski definition) is 5. The minimum Gasteiger partial charge on any atom is -0.466 e. The minimum absolute atomic E-state index is 0.240. The monoisotopic (exact) mass is 225 g/mol. The summed E-state index contributed by atoms with van der Waals surface area (Å²) < 4.78 is 9.49. The Balaban J connectivity index is 2.77. The summed E-state index contributed by atoms with van der Waals surface area (Å²) in [6, 6.07) is 0. The highest BCUT2D eigenvalue weighted by molar-refractivity contribution is 5.95. The summed E-state index contributed by atoms with van der Waals surface area (Å²) in [4.78, 5) is 22.9. The molecular weight excluding hydrogens is 210 g/mol. The van der Waals surface area contributed by atoms with Crippen LogP contribution < -0.4 is 5.32 Å². The lowest BCUT2D eigenvalue weighted by atomic mass is 10.0. The van der Waals surface area contributed by atoms with E-state index in [1.54, 1.807) is 20.0 Å². The van der Waals surface area contributed by atoms with E-state index in [1.807, 2.05) is 0 Å². The number of esters is 2. The Bertz CT molecular complexity index is 368. The Labute approximate surface area is 94.1 Å². The van der Waals surface area contributed by atoms with Crippen LogP contribution in [0.3, 0.4) is 0 Å². The number of dihydropyridines is 1. The maximum atomic E-state index is 11.5. The fraction of sp³-hybridized carbons (Fsp3) is 0.455. The van der Waals surface area contributed by atoms with Crippen molar-refractivity contribution in [2.75, 3.05) is 13.7 Å². The van der Waals surface area contributed by atoms with Crippen LogP contribution in [0.15, 0.2) is 23.0 Å². The van der Waals surface area contributed by atoms with Gasteiger partial charge in [-0.2, -0.15) is 0 Å². The molecule has 0 bridgehead atoms. The Morgan fingerprint density at radius 3 is 2.69 bits per heavy atom. The quantitative estimate of drug-likeness (QED) is 0.722. The molecule has 0 unspecified atom stereocenters. The number of hydrogen-bond donors (Lipinski definition) is 1. The summed E-state index contributed by atoms with van der Waals surface area (Å²) in [7, 11) is 1.31. The standard InChI is InChI=1S/C11H15NO4/c1-4-16-10(13)8-5-9(11(14)15-3)7(2)12-6-8/h6,12H,4-5H2,1-3H3. The highest BCUT2D eigenvalue weighted by Gasteiger charge is 2.23. The Morgan fingerprint density at radius 2 is 2.12 bits per heavy atom. The SMILES string of the molecule is CCOC(=O)C1=CNC(C)=C(C(=O)OC)C1. The zero-order valence-electron chi connectivity index (χ0n) is 9.62. The average Bonchev–Trinajstić information content (AvgIpc) is 2.29. The smallest absolute Gasteiger partial charge is 0.335 e. The first-order valence-electron chi connectivity index (χ1n) is 5.00. The molecule has 0 spiro atoms. The first-order valence-corrected chi connectivity index (χ1v) is 5.00. The molecule has 0 saturated heterocycles. The molecule has 0 saturated carbocycles. The van der Waals surface area contributed by atoms with Crippen LogP contribution in [-0.2, 0) is 19.1 Å². The van der Waals surface area contributed by atoms with Crippen LogP contribution in [0.2, 0.25) is 0 Å². The van der Waals surface area contributed by atoms with E-state index in [-0.39, 0.29) is 6.42 Å². The summed E-state index contributed by atoms with van der Waals surface area (Å²) in [6.45, 7) is 3.80. The van der Waals surface area contributed by atoms with Crippen molar-refractivity contribution in [1.29, 1.82) is 0 Å². The third kappa shape index (κ3) is 2.62. The molecule has 1 heterocycles. The van der Waals surface area contributed by atoms with Crippen LogP contribution in [0.1, 0.15) is 20.3 Å². The summed E-state index contributed by atoms with van der Waals surface area (Å²) in [5, 5.41) is 2.85. The van der Waals surface area contributed by atoms with Crippen molar-refractivity contribution in [3.8, 4) is 0 Å². The molecule has 1 rings (SSSR count). The fourth-order valence-electron chi connectivity index (χ4n) is 1.36. The molecule has 0 aliphatic carbocycles. The van der Waals surface area contributed by atoms with E-state index in [0.29, 0.717) is 23.5 Å². The van der Waals surface area contributed by atoms with Crippen LogP contribution >= 0.6 is 0 Å². The van der Waals surface area contributed by atoms with Crippen LogP contribution in [-0.4, -0.2) is 25.7 Å². The van der Waals surface area contributed by atoms with Crippen molar-refractivity contribution in [3.63, 3.8) is 0 Å².